The number of amides is 1. The van der Waals surface area contributed by atoms with Crippen molar-refractivity contribution < 1.29 is 9.72 Å². The van der Waals surface area contributed by atoms with E-state index < -0.39 is 0 Å². The topological polar surface area (TPSA) is 84.3 Å². The average Bonchev–Trinajstić information content (AvgIpc) is 2.44. The molecule has 0 saturated heterocycles. The van der Waals surface area contributed by atoms with Gasteiger partial charge in [0.05, 0.1) is 4.92 Å². The molecule has 1 heterocycles. The summed E-state index contributed by atoms with van der Waals surface area (Å²) in [6.45, 7) is 4.07. The summed E-state index contributed by atoms with van der Waals surface area (Å²) in [6.07, 6.45) is 0.921. The van der Waals surface area contributed by atoms with Crippen molar-refractivity contribution in [2.45, 2.75) is 32.7 Å². The zero-order valence-corrected chi connectivity index (χ0v) is 13.0. The SMILES string of the molecule is CCSCC(C)Nc1cc2c(cc1[N+](=O)[O-])CCC(=O)N2. The molecule has 1 atom stereocenters. The lowest BCUT2D eigenvalue weighted by Crippen LogP contribution is -2.22. The molecule has 0 aliphatic carbocycles. The highest BCUT2D eigenvalue weighted by Crippen LogP contribution is 2.34. The molecule has 1 amide bonds. The lowest BCUT2D eigenvalue weighted by molar-refractivity contribution is -0.384. The number of anilines is 2. The highest BCUT2D eigenvalue weighted by Gasteiger charge is 2.23. The summed E-state index contributed by atoms with van der Waals surface area (Å²) < 4.78 is 0. The number of rotatable bonds is 6. The van der Waals surface area contributed by atoms with Crippen LogP contribution in [0.15, 0.2) is 12.1 Å². The third kappa shape index (κ3) is 3.87. The summed E-state index contributed by atoms with van der Waals surface area (Å²) >= 11 is 1.78. The van der Waals surface area contributed by atoms with Gasteiger partial charge < -0.3 is 10.6 Å². The molecule has 1 aliphatic heterocycles. The molecule has 0 spiro atoms. The Morgan fingerprint density at radius 3 is 2.90 bits per heavy atom. The maximum atomic E-state index is 11.5. The number of benzene rings is 1. The van der Waals surface area contributed by atoms with E-state index in [-0.39, 0.29) is 22.6 Å². The van der Waals surface area contributed by atoms with E-state index in [1.54, 1.807) is 23.9 Å². The molecule has 21 heavy (non-hydrogen) atoms. The summed E-state index contributed by atoms with van der Waals surface area (Å²) in [5.41, 5.74) is 2.03. The molecule has 7 heteroatoms. The first kappa shape index (κ1) is 15.6. The van der Waals surface area contributed by atoms with Crippen LogP contribution in [0.25, 0.3) is 0 Å². The monoisotopic (exact) mass is 309 g/mol. The quantitative estimate of drug-likeness (QED) is 0.623. The molecule has 0 bridgehead atoms. The minimum Gasteiger partial charge on any atom is -0.376 e. The number of hydrogen-bond acceptors (Lipinski definition) is 5. The minimum atomic E-state index is -0.376. The number of nitrogens with zero attached hydrogens (tertiary/aromatic N) is 1. The van der Waals surface area contributed by atoms with E-state index in [1.165, 1.54) is 0 Å². The minimum absolute atomic E-state index is 0.0445. The van der Waals surface area contributed by atoms with E-state index >= 15 is 0 Å². The number of aryl methyl sites for hydroxylation is 1. The van der Waals surface area contributed by atoms with E-state index in [1.807, 2.05) is 6.92 Å². The van der Waals surface area contributed by atoms with Crippen LogP contribution in [0.4, 0.5) is 17.1 Å². The molecule has 2 rings (SSSR count). The zero-order valence-electron chi connectivity index (χ0n) is 12.1. The molecular formula is C14H19N3O3S. The molecule has 0 radical (unpaired) electrons. The molecule has 2 N–H and O–H groups in total. The van der Waals surface area contributed by atoms with Gasteiger partial charge in [0.2, 0.25) is 5.91 Å². The smallest absolute Gasteiger partial charge is 0.292 e. The standard InChI is InChI=1S/C14H19N3O3S/c1-3-21-8-9(2)15-12-7-11-10(4-5-14(18)16-11)6-13(12)17(19)20/h6-7,9,15H,3-5,8H2,1-2H3,(H,16,18). The molecular weight excluding hydrogens is 290 g/mol. The van der Waals surface area contributed by atoms with Crippen molar-refractivity contribution in [3.63, 3.8) is 0 Å². The van der Waals surface area contributed by atoms with Crippen molar-refractivity contribution >= 4 is 34.7 Å². The van der Waals surface area contributed by atoms with Crippen LogP contribution in [0, 0.1) is 10.1 Å². The Kier molecular flexibility index (Phi) is 5.06. The van der Waals surface area contributed by atoms with Gasteiger partial charge in [-0.25, -0.2) is 0 Å². The Morgan fingerprint density at radius 2 is 2.24 bits per heavy atom. The summed E-state index contributed by atoms with van der Waals surface area (Å²) in [5.74, 6) is 1.84. The molecule has 0 fully saturated rings. The van der Waals surface area contributed by atoms with Gasteiger partial charge in [-0.1, -0.05) is 6.92 Å². The van der Waals surface area contributed by atoms with Crippen molar-refractivity contribution in [1.82, 2.24) is 0 Å². The number of hydrogen-bond donors (Lipinski definition) is 2. The second kappa shape index (κ2) is 6.80. The zero-order chi connectivity index (χ0) is 15.4. The van der Waals surface area contributed by atoms with Crippen molar-refractivity contribution in [1.29, 1.82) is 0 Å². The third-order valence-corrected chi connectivity index (χ3v) is 4.43. The highest BCUT2D eigenvalue weighted by molar-refractivity contribution is 7.99. The van der Waals surface area contributed by atoms with Gasteiger partial charge in [0, 0.05) is 30.0 Å². The fourth-order valence-corrected chi connectivity index (χ4v) is 2.96. The fourth-order valence-electron chi connectivity index (χ4n) is 2.28. The number of fused-ring (bicyclic) bond motifs is 1. The predicted molar refractivity (Wildman–Crippen MR) is 86.1 cm³/mol. The number of carbonyl (C=O) groups is 1. The molecule has 0 saturated carbocycles. The van der Waals surface area contributed by atoms with Gasteiger partial charge in [0.25, 0.3) is 5.69 Å². The van der Waals surface area contributed by atoms with Crippen LogP contribution in [0.2, 0.25) is 0 Å². The van der Waals surface area contributed by atoms with Crippen LogP contribution < -0.4 is 10.6 Å². The first-order chi connectivity index (χ1) is 10.0. The molecule has 1 aromatic carbocycles. The average molecular weight is 309 g/mol. The number of nitro groups is 1. The van der Waals surface area contributed by atoms with Crippen LogP contribution in [0.1, 0.15) is 25.8 Å². The van der Waals surface area contributed by atoms with E-state index in [9.17, 15) is 14.9 Å². The van der Waals surface area contributed by atoms with Crippen LogP contribution in [-0.2, 0) is 11.2 Å². The first-order valence-corrected chi connectivity index (χ1v) is 8.12. The fraction of sp³-hybridized carbons (Fsp3) is 0.500. The van der Waals surface area contributed by atoms with Crippen LogP contribution in [0.5, 0.6) is 0 Å². The van der Waals surface area contributed by atoms with Crippen molar-refractivity contribution in [2.75, 3.05) is 22.1 Å². The molecule has 6 nitrogen and oxygen atoms in total. The molecule has 1 unspecified atom stereocenters. The number of nitrogens with one attached hydrogen (secondary N) is 2. The molecule has 0 aromatic heterocycles. The predicted octanol–water partition coefficient (Wildman–Crippen LogP) is 3.03. The summed E-state index contributed by atoms with van der Waals surface area (Å²) in [7, 11) is 0. The maximum Gasteiger partial charge on any atom is 0.292 e. The van der Waals surface area contributed by atoms with E-state index in [0.717, 1.165) is 17.1 Å². The number of thioether (sulfide) groups is 1. The lowest BCUT2D eigenvalue weighted by atomic mass is 10.0. The summed E-state index contributed by atoms with van der Waals surface area (Å²) in [5, 5.41) is 17.2. The Morgan fingerprint density at radius 1 is 1.48 bits per heavy atom. The molecule has 1 aromatic rings. The van der Waals surface area contributed by atoms with E-state index in [4.69, 9.17) is 0 Å². The number of nitro benzene ring substituents is 1. The van der Waals surface area contributed by atoms with Crippen LogP contribution in [0.3, 0.4) is 0 Å². The van der Waals surface area contributed by atoms with Crippen molar-refractivity contribution in [3.05, 3.63) is 27.8 Å². The first-order valence-electron chi connectivity index (χ1n) is 6.96. The van der Waals surface area contributed by atoms with Gasteiger partial charge in [0.15, 0.2) is 0 Å². The second-order valence-electron chi connectivity index (χ2n) is 5.04. The second-order valence-corrected chi connectivity index (χ2v) is 6.36. The van der Waals surface area contributed by atoms with Gasteiger partial charge in [0.1, 0.15) is 5.69 Å². The highest BCUT2D eigenvalue weighted by atomic mass is 32.2. The van der Waals surface area contributed by atoms with Gasteiger partial charge in [-0.05, 0) is 30.7 Å². The number of carbonyl (C=O) groups excluding carboxylic acids is 1. The largest absolute Gasteiger partial charge is 0.376 e. The van der Waals surface area contributed by atoms with Gasteiger partial charge in [-0.3, -0.25) is 14.9 Å². The van der Waals surface area contributed by atoms with E-state index in [2.05, 4.69) is 17.6 Å². The van der Waals surface area contributed by atoms with Crippen LogP contribution in [-0.4, -0.2) is 28.4 Å². The van der Waals surface area contributed by atoms with Crippen LogP contribution >= 0.6 is 11.8 Å². The van der Waals surface area contributed by atoms with Crippen molar-refractivity contribution in [2.24, 2.45) is 0 Å². The van der Waals surface area contributed by atoms with E-state index in [0.29, 0.717) is 24.2 Å². The third-order valence-electron chi connectivity index (χ3n) is 3.29. The normalized spacial score (nSPS) is 15.0. The van der Waals surface area contributed by atoms with Gasteiger partial charge in [-0.2, -0.15) is 11.8 Å². The van der Waals surface area contributed by atoms with Gasteiger partial charge >= 0.3 is 0 Å². The van der Waals surface area contributed by atoms with Crippen molar-refractivity contribution in [3.8, 4) is 0 Å². The Labute approximate surface area is 127 Å². The summed E-state index contributed by atoms with van der Waals surface area (Å²) in [6, 6.07) is 3.36. The van der Waals surface area contributed by atoms with Gasteiger partial charge in [-0.15, -0.1) is 0 Å². The Hall–Kier alpha value is -1.76. The molecule has 114 valence electrons. The molecule has 1 aliphatic rings. The lowest BCUT2D eigenvalue weighted by Gasteiger charge is -2.20. The maximum absolute atomic E-state index is 11.5. The Balaban J connectivity index is 2.27. The Bertz CT molecular complexity index is 563. The summed E-state index contributed by atoms with van der Waals surface area (Å²) in [4.78, 5) is 22.3.